The van der Waals surface area contributed by atoms with E-state index in [1.807, 2.05) is 0 Å². The number of carbonyl (C=O) groups is 1. The van der Waals surface area contributed by atoms with Crippen LogP contribution in [0.4, 0.5) is 0 Å². The van der Waals surface area contributed by atoms with Crippen LogP contribution in [-0.2, 0) is 4.79 Å². The summed E-state index contributed by atoms with van der Waals surface area (Å²) in [6, 6.07) is 0. The first kappa shape index (κ1) is 9.56. The number of carboxylic acids is 1. The molecule has 2 atom stereocenters. The van der Waals surface area contributed by atoms with Crippen LogP contribution in [0.3, 0.4) is 0 Å². The normalized spacial score (nSPS) is 21.8. The second-order valence-corrected chi connectivity index (χ2v) is 3.98. The van der Waals surface area contributed by atoms with Gasteiger partial charge in [0.05, 0.1) is 0 Å². The maximum Gasteiger partial charge on any atom is 0.303 e. The standard InChI is InChI=1S/C10H18O2/c1-3-7(2)9(6-10(11)12)8-4-5-8/h7-9H,3-6H2,1-2H3,(H,11,12). The fraction of sp³-hybridized carbons (Fsp3) is 0.900. The van der Waals surface area contributed by atoms with Gasteiger partial charge in [0.1, 0.15) is 0 Å². The third-order valence-corrected chi connectivity index (χ3v) is 3.01. The fourth-order valence-electron chi connectivity index (χ4n) is 1.86. The molecule has 1 rings (SSSR count). The minimum absolute atomic E-state index is 0.375. The van der Waals surface area contributed by atoms with E-state index < -0.39 is 5.97 Å². The molecule has 1 saturated carbocycles. The molecule has 0 aromatic heterocycles. The van der Waals surface area contributed by atoms with Gasteiger partial charge in [-0.3, -0.25) is 4.79 Å². The lowest BCUT2D eigenvalue weighted by molar-refractivity contribution is -0.138. The summed E-state index contributed by atoms with van der Waals surface area (Å²) >= 11 is 0. The van der Waals surface area contributed by atoms with Crippen molar-refractivity contribution in [1.82, 2.24) is 0 Å². The van der Waals surface area contributed by atoms with Gasteiger partial charge >= 0.3 is 5.97 Å². The van der Waals surface area contributed by atoms with Crippen molar-refractivity contribution in [2.45, 2.75) is 39.5 Å². The largest absolute Gasteiger partial charge is 0.481 e. The number of hydrogen-bond donors (Lipinski definition) is 1. The lowest BCUT2D eigenvalue weighted by Crippen LogP contribution is -2.17. The van der Waals surface area contributed by atoms with Crippen LogP contribution in [0.25, 0.3) is 0 Å². The van der Waals surface area contributed by atoms with E-state index in [-0.39, 0.29) is 0 Å². The van der Waals surface area contributed by atoms with Gasteiger partial charge in [-0.25, -0.2) is 0 Å². The third kappa shape index (κ3) is 2.50. The monoisotopic (exact) mass is 170 g/mol. The number of aliphatic carboxylic acids is 1. The Morgan fingerprint density at radius 3 is 2.50 bits per heavy atom. The summed E-state index contributed by atoms with van der Waals surface area (Å²) in [6.07, 6.45) is 3.98. The first-order chi connectivity index (χ1) is 5.65. The van der Waals surface area contributed by atoms with E-state index in [1.165, 1.54) is 12.8 Å². The van der Waals surface area contributed by atoms with Gasteiger partial charge in [0, 0.05) is 6.42 Å². The number of carboxylic acid groups (broad SMARTS) is 1. The van der Waals surface area contributed by atoms with Gasteiger partial charge in [-0.2, -0.15) is 0 Å². The lowest BCUT2D eigenvalue weighted by atomic mass is 9.85. The van der Waals surface area contributed by atoms with E-state index in [9.17, 15) is 4.79 Å². The maximum atomic E-state index is 10.6. The number of hydrogen-bond acceptors (Lipinski definition) is 1. The van der Waals surface area contributed by atoms with Crippen LogP contribution >= 0.6 is 0 Å². The fourth-order valence-corrected chi connectivity index (χ4v) is 1.86. The summed E-state index contributed by atoms with van der Waals surface area (Å²) in [7, 11) is 0. The number of rotatable bonds is 5. The maximum absolute atomic E-state index is 10.6. The predicted molar refractivity (Wildman–Crippen MR) is 47.9 cm³/mol. The van der Waals surface area contributed by atoms with E-state index in [0.29, 0.717) is 18.3 Å². The van der Waals surface area contributed by atoms with Gasteiger partial charge in [-0.05, 0) is 30.6 Å². The molecular weight excluding hydrogens is 152 g/mol. The molecule has 0 heterocycles. The van der Waals surface area contributed by atoms with Crippen LogP contribution in [0.15, 0.2) is 0 Å². The summed E-state index contributed by atoms with van der Waals surface area (Å²) in [6.45, 7) is 4.31. The van der Waals surface area contributed by atoms with Crippen molar-refractivity contribution in [2.24, 2.45) is 17.8 Å². The predicted octanol–water partition coefficient (Wildman–Crippen LogP) is 2.53. The van der Waals surface area contributed by atoms with E-state index in [2.05, 4.69) is 13.8 Å². The van der Waals surface area contributed by atoms with E-state index in [0.717, 1.165) is 12.3 Å². The molecule has 1 fully saturated rings. The zero-order valence-electron chi connectivity index (χ0n) is 7.92. The highest BCUT2D eigenvalue weighted by Gasteiger charge is 2.35. The quantitative estimate of drug-likeness (QED) is 0.688. The molecule has 0 aromatic rings. The van der Waals surface area contributed by atoms with Gasteiger partial charge in [0.15, 0.2) is 0 Å². The van der Waals surface area contributed by atoms with Crippen molar-refractivity contribution >= 4 is 5.97 Å². The Morgan fingerprint density at radius 1 is 1.58 bits per heavy atom. The first-order valence-corrected chi connectivity index (χ1v) is 4.87. The van der Waals surface area contributed by atoms with Gasteiger partial charge in [0.25, 0.3) is 0 Å². The van der Waals surface area contributed by atoms with Crippen molar-refractivity contribution in [3.63, 3.8) is 0 Å². The zero-order chi connectivity index (χ0) is 9.14. The Labute approximate surface area is 74.0 Å². The van der Waals surface area contributed by atoms with Crippen LogP contribution in [0.1, 0.15) is 39.5 Å². The second kappa shape index (κ2) is 3.92. The van der Waals surface area contributed by atoms with Crippen molar-refractivity contribution in [3.8, 4) is 0 Å². The molecule has 0 bridgehead atoms. The highest BCUT2D eigenvalue weighted by atomic mass is 16.4. The van der Waals surface area contributed by atoms with Crippen LogP contribution in [0, 0.1) is 17.8 Å². The third-order valence-electron chi connectivity index (χ3n) is 3.01. The van der Waals surface area contributed by atoms with Gasteiger partial charge in [-0.1, -0.05) is 20.3 Å². The van der Waals surface area contributed by atoms with Crippen molar-refractivity contribution in [3.05, 3.63) is 0 Å². The lowest BCUT2D eigenvalue weighted by Gasteiger charge is -2.20. The Morgan fingerprint density at radius 2 is 2.17 bits per heavy atom. The topological polar surface area (TPSA) is 37.3 Å². The van der Waals surface area contributed by atoms with E-state index >= 15 is 0 Å². The van der Waals surface area contributed by atoms with Crippen molar-refractivity contribution in [1.29, 1.82) is 0 Å². The molecular formula is C10H18O2. The summed E-state index contributed by atoms with van der Waals surface area (Å²) in [5.41, 5.74) is 0. The van der Waals surface area contributed by atoms with Crippen LogP contribution in [0.5, 0.6) is 0 Å². The smallest absolute Gasteiger partial charge is 0.303 e. The Balaban J connectivity index is 2.42. The van der Waals surface area contributed by atoms with E-state index in [4.69, 9.17) is 5.11 Å². The molecule has 0 aliphatic heterocycles. The Kier molecular flexibility index (Phi) is 3.12. The average Bonchev–Trinajstić information content (AvgIpc) is 2.81. The molecule has 0 spiro atoms. The van der Waals surface area contributed by atoms with Crippen LogP contribution in [0.2, 0.25) is 0 Å². The first-order valence-electron chi connectivity index (χ1n) is 4.87. The summed E-state index contributed by atoms with van der Waals surface area (Å²) in [5.74, 6) is 1.10. The highest BCUT2D eigenvalue weighted by Crippen LogP contribution is 2.43. The van der Waals surface area contributed by atoms with E-state index in [1.54, 1.807) is 0 Å². The molecule has 1 aliphatic carbocycles. The molecule has 2 heteroatoms. The summed E-state index contributed by atoms with van der Waals surface area (Å²) < 4.78 is 0. The zero-order valence-corrected chi connectivity index (χ0v) is 7.92. The van der Waals surface area contributed by atoms with Crippen LogP contribution < -0.4 is 0 Å². The Hall–Kier alpha value is -0.530. The summed E-state index contributed by atoms with van der Waals surface area (Å²) in [5, 5.41) is 8.70. The Bertz CT molecular complexity index is 161. The molecule has 2 unspecified atom stereocenters. The van der Waals surface area contributed by atoms with Gasteiger partial charge in [-0.15, -0.1) is 0 Å². The molecule has 0 radical (unpaired) electrons. The van der Waals surface area contributed by atoms with Gasteiger partial charge < -0.3 is 5.11 Å². The molecule has 70 valence electrons. The highest BCUT2D eigenvalue weighted by molar-refractivity contribution is 5.67. The van der Waals surface area contributed by atoms with Crippen molar-refractivity contribution < 1.29 is 9.90 Å². The second-order valence-electron chi connectivity index (χ2n) is 3.98. The minimum Gasteiger partial charge on any atom is -0.481 e. The SMILES string of the molecule is CCC(C)C(CC(=O)O)C1CC1. The molecule has 1 aliphatic rings. The summed E-state index contributed by atoms with van der Waals surface area (Å²) in [4.78, 5) is 10.6. The van der Waals surface area contributed by atoms with Crippen LogP contribution in [-0.4, -0.2) is 11.1 Å². The van der Waals surface area contributed by atoms with Gasteiger partial charge in [0.2, 0.25) is 0 Å². The molecule has 0 aromatic carbocycles. The molecule has 12 heavy (non-hydrogen) atoms. The molecule has 2 nitrogen and oxygen atoms in total. The molecule has 0 saturated heterocycles. The molecule has 1 N–H and O–H groups in total. The minimum atomic E-state index is -0.632. The van der Waals surface area contributed by atoms with Crippen molar-refractivity contribution in [2.75, 3.05) is 0 Å². The average molecular weight is 170 g/mol. The molecule has 0 amide bonds.